The summed E-state index contributed by atoms with van der Waals surface area (Å²) in [6.45, 7) is 3.71. The molecule has 29 heavy (non-hydrogen) atoms. The van der Waals surface area contributed by atoms with Gasteiger partial charge in [-0.25, -0.2) is 9.97 Å². The molecule has 1 saturated heterocycles. The molecule has 2 aromatic rings. The second-order valence-corrected chi connectivity index (χ2v) is 7.28. The molecule has 8 nitrogen and oxygen atoms in total. The number of anilines is 1. The number of nitrogens with one attached hydrogen (secondary N) is 2. The molecule has 2 aliphatic heterocycles. The molecule has 1 amide bonds. The SMILES string of the molecule is C.O=C(NC[C@H](O)CN1CCc2ccccc2C1)c1cc(NC2COC2)ncn1. The minimum atomic E-state index is -0.638. The topological polar surface area (TPSA) is 99.6 Å². The summed E-state index contributed by atoms with van der Waals surface area (Å²) in [7, 11) is 0. The molecule has 1 atom stereocenters. The Balaban J connectivity index is 0.00000240. The van der Waals surface area contributed by atoms with Crippen LogP contribution in [0.3, 0.4) is 0 Å². The van der Waals surface area contributed by atoms with Crippen LogP contribution in [0.2, 0.25) is 0 Å². The lowest BCUT2D eigenvalue weighted by molar-refractivity contribution is 0.0209. The number of aliphatic hydroxyl groups excluding tert-OH is 1. The third-order valence-corrected chi connectivity index (χ3v) is 5.07. The number of benzene rings is 1. The summed E-state index contributed by atoms with van der Waals surface area (Å²) in [4.78, 5) is 22.7. The molecular formula is C21H29N5O3. The Kier molecular flexibility index (Phi) is 7.13. The molecule has 0 saturated carbocycles. The van der Waals surface area contributed by atoms with E-state index in [1.807, 2.05) is 6.07 Å². The average molecular weight is 399 g/mol. The van der Waals surface area contributed by atoms with Crippen LogP contribution in [0.25, 0.3) is 0 Å². The van der Waals surface area contributed by atoms with Crippen LogP contribution in [0.1, 0.15) is 29.0 Å². The number of aliphatic hydroxyl groups is 1. The van der Waals surface area contributed by atoms with Crippen LogP contribution in [-0.2, 0) is 17.7 Å². The molecule has 2 aliphatic rings. The van der Waals surface area contributed by atoms with E-state index in [4.69, 9.17) is 4.74 Å². The van der Waals surface area contributed by atoms with Gasteiger partial charge >= 0.3 is 0 Å². The first-order valence-corrected chi connectivity index (χ1v) is 9.59. The van der Waals surface area contributed by atoms with Gasteiger partial charge in [0.05, 0.1) is 25.4 Å². The maximum atomic E-state index is 12.3. The van der Waals surface area contributed by atoms with Crippen molar-refractivity contribution in [1.82, 2.24) is 20.2 Å². The third-order valence-electron chi connectivity index (χ3n) is 5.07. The molecule has 1 aromatic heterocycles. The summed E-state index contributed by atoms with van der Waals surface area (Å²) in [5, 5.41) is 16.3. The van der Waals surface area contributed by atoms with Gasteiger partial charge < -0.3 is 20.5 Å². The van der Waals surface area contributed by atoms with Crippen LogP contribution in [0.15, 0.2) is 36.7 Å². The van der Waals surface area contributed by atoms with Crippen molar-refractivity contribution < 1.29 is 14.6 Å². The highest BCUT2D eigenvalue weighted by molar-refractivity contribution is 5.92. The largest absolute Gasteiger partial charge is 0.390 e. The fourth-order valence-corrected chi connectivity index (χ4v) is 3.46. The lowest BCUT2D eigenvalue weighted by Crippen LogP contribution is -2.42. The zero-order chi connectivity index (χ0) is 19.3. The van der Waals surface area contributed by atoms with Crippen LogP contribution >= 0.6 is 0 Å². The van der Waals surface area contributed by atoms with Gasteiger partial charge in [0.25, 0.3) is 5.91 Å². The van der Waals surface area contributed by atoms with E-state index in [1.165, 1.54) is 17.5 Å². The number of amides is 1. The monoisotopic (exact) mass is 399 g/mol. The molecule has 4 rings (SSSR count). The second kappa shape index (κ2) is 9.78. The Labute approximate surface area is 171 Å². The van der Waals surface area contributed by atoms with Gasteiger partial charge in [0, 0.05) is 32.2 Å². The molecule has 3 N–H and O–H groups in total. The molecule has 0 aliphatic carbocycles. The van der Waals surface area contributed by atoms with E-state index < -0.39 is 6.10 Å². The van der Waals surface area contributed by atoms with Gasteiger partial charge in [-0.05, 0) is 17.5 Å². The lowest BCUT2D eigenvalue weighted by atomic mass is 10.00. The number of β-amino-alcohol motifs (C(OH)–C–C–N with tert-alkyl or cyclic N) is 1. The van der Waals surface area contributed by atoms with Gasteiger partial charge in [-0.15, -0.1) is 0 Å². The van der Waals surface area contributed by atoms with E-state index in [0.717, 1.165) is 19.5 Å². The highest BCUT2D eigenvalue weighted by Gasteiger charge is 2.20. The van der Waals surface area contributed by atoms with Gasteiger partial charge in [-0.1, -0.05) is 31.7 Å². The van der Waals surface area contributed by atoms with Crippen LogP contribution < -0.4 is 10.6 Å². The Bertz CT molecular complexity index is 827. The Morgan fingerprint density at radius 1 is 1.28 bits per heavy atom. The molecule has 3 heterocycles. The second-order valence-electron chi connectivity index (χ2n) is 7.28. The van der Waals surface area contributed by atoms with E-state index in [9.17, 15) is 9.90 Å². The van der Waals surface area contributed by atoms with Crippen molar-refractivity contribution in [3.05, 3.63) is 53.5 Å². The van der Waals surface area contributed by atoms with Gasteiger partial charge in [0.15, 0.2) is 0 Å². The average Bonchev–Trinajstić information content (AvgIpc) is 2.69. The first-order chi connectivity index (χ1) is 13.7. The predicted molar refractivity (Wildman–Crippen MR) is 111 cm³/mol. The normalized spacial score (nSPS) is 17.4. The van der Waals surface area contributed by atoms with Gasteiger partial charge in [-0.3, -0.25) is 9.69 Å². The summed E-state index contributed by atoms with van der Waals surface area (Å²) < 4.78 is 5.11. The molecule has 1 fully saturated rings. The van der Waals surface area contributed by atoms with Crippen molar-refractivity contribution in [3.63, 3.8) is 0 Å². The van der Waals surface area contributed by atoms with E-state index in [-0.39, 0.29) is 31.6 Å². The summed E-state index contributed by atoms with van der Waals surface area (Å²) in [5.41, 5.74) is 2.96. The quantitative estimate of drug-likeness (QED) is 0.640. The molecule has 0 spiro atoms. The van der Waals surface area contributed by atoms with Crippen LogP contribution in [0, 0.1) is 0 Å². The van der Waals surface area contributed by atoms with Crippen LogP contribution in [-0.4, -0.2) is 70.9 Å². The number of fused-ring (bicyclic) bond motifs is 1. The molecule has 0 unspecified atom stereocenters. The zero-order valence-corrected chi connectivity index (χ0v) is 15.7. The minimum absolute atomic E-state index is 0. The highest BCUT2D eigenvalue weighted by atomic mass is 16.5. The number of ether oxygens (including phenoxy) is 1. The van der Waals surface area contributed by atoms with Gasteiger partial charge in [0.1, 0.15) is 17.8 Å². The first-order valence-electron chi connectivity index (χ1n) is 9.59. The summed E-state index contributed by atoms with van der Waals surface area (Å²) in [6, 6.07) is 10.2. The molecule has 156 valence electrons. The van der Waals surface area contributed by atoms with E-state index in [2.05, 4.69) is 43.7 Å². The Hall–Kier alpha value is -2.55. The lowest BCUT2D eigenvalue weighted by Gasteiger charge is -2.30. The molecule has 0 radical (unpaired) electrons. The maximum absolute atomic E-state index is 12.3. The van der Waals surface area contributed by atoms with Crippen LogP contribution in [0.5, 0.6) is 0 Å². The van der Waals surface area contributed by atoms with Gasteiger partial charge in [-0.2, -0.15) is 0 Å². The molecule has 1 aromatic carbocycles. The smallest absolute Gasteiger partial charge is 0.270 e. The van der Waals surface area contributed by atoms with Crippen molar-refractivity contribution in [3.8, 4) is 0 Å². The number of aromatic nitrogens is 2. The minimum Gasteiger partial charge on any atom is -0.390 e. The fourth-order valence-electron chi connectivity index (χ4n) is 3.46. The number of carbonyl (C=O) groups excluding carboxylic acids is 1. The summed E-state index contributed by atoms with van der Waals surface area (Å²) in [6.07, 6.45) is 1.71. The van der Waals surface area contributed by atoms with Crippen molar-refractivity contribution in [2.24, 2.45) is 0 Å². The number of carbonyl (C=O) groups is 1. The highest BCUT2D eigenvalue weighted by Crippen LogP contribution is 2.18. The standard InChI is InChI=1S/C20H25N5O3.CH4/c26-17(10-25-6-5-14-3-1-2-4-15(14)9-25)8-21-20(27)18-7-19(23-13-22-18)24-16-11-28-12-16;/h1-4,7,13,16-17,26H,5-6,8-12H2,(H,21,27)(H,22,23,24);1H4/t17-;/m0./s1. The van der Waals surface area contributed by atoms with Gasteiger partial charge in [0.2, 0.25) is 0 Å². The number of hydrogen-bond donors (Lipinski definition) is 3. The maximum Gasteiger partial charge on any atom is 0.270 e. The first kappa shape index (κ1) is 21.2. The Morgan fingerprint density at radius 2 is 2.07 bits per heavy atom. The fraction of sp³-hybridized carbons (Fsp3) is 0.476. The van der Waals surface area contributed by atoms with E-state index in [0.29, 0.717) is 25.6 Å². The van der Waals surface area contributed by atoms with E-state index in [1.54, 1.807) is 6.07 Å². The van der Waals surface area contributed by atoms with E-state index >= 15 is 0 Å². The van der Waals surface area contributed by atoms with Crippen molar-refractivity contribution in [1.29, 1.82) is 0 Å². The third kappa shape index (κ3) is 5.50. The summed E-state index contributed by atoms with van der Waals surface area (Å²) >= 11 is 0. The van der Waals surface area contributed by atoms with Crippen LogP contribution in [0.4, 0.5) is 5.82 Å². The zero-order valence-electron chi connectivity index (χ0n) is 15.7. The molecule has 8 heteroatoms. The molecular weight excluding hydrogens is 370 g/mol. The van der Waals surface area contributed by atoms with Crippen molar-refractivity contribution in [2.45, 2.75) is 32.5 Å². The van der Waals surface area contributed by atoms with Crippen molar-refractivity contribution in [2.75, 3.05) is 38.2 Å². The summed E-state index contributed by atoms with van der Waals surface area (Å²) in [5.74, 6) is 0.277. The molecule has 0 bridgehead atoms. The Morgan fingerprint density at radius 3 is 2.83 bits per heavy atom. The number of hydrogen-bond acceptors (Lipinski definition) is 7. The number of rotatable bonds is 7. The predicted octanol–water partition coefficient (Wildman–Crippen LogP) is 1.07. The van der Waals surface area contributed by atoms with Crippen molar-refractivity contribution >= 4 is 11.7 Å². The number of nitrogens with zero attached hydrogens (tertiary/aromatic N) is 3.